The van der Waals surface area contributed by atoms with Gasteiger partial charge in [0.25, 0.3) is 0 Å². The molecule has 0 atom stereocenters. The normalized spacial score (nSPS) is 11.3. The van der Waals surface area contributed by atoms with Gasteiger partial charge in [0.05, 0.1) is 16.5 Å². The van der Waals surface area contributed by atoms with Crippen LogP contribution in [0.1, 0.15) is 6.42 Å². The molecular formula is C9H12ClNO3S. The Balaban J connectivity index is 2.74. The number of hydrogen-bond donors (Lipinski definition) is 2. The van der Waals surface area contributed by atoms with E-state index in [1.165, 1.54) is 0 Å². The van der Waals surface area contributed by atoms with Crippen LogP contribution in [0.25, 0.3) is 0 Å². The molecule has 0 aliphatic rings. The van der Waals surface area contributed by atoms with Crippen molar-refractivity contribution in [3.63, 3.8) is 0 Å². The van der Waals surface area contributed by atoms with Crippen LogP contribution in [0, 0.1) is 0 Å². The van der Waals surface area contributed by atoms with Crippen LogP contribution in [-0.4, -0.2) is 25.9 Å². The third-order valence-electron chi connectivity index (χ3n) is 1.71. The molecule has 15 heavy (non-hydrogen) atoms. The zero-order valence-corrected chi connectivity index (χ0v) is 9.55. The van der Waals surface area contributed by atoms with E-state index in [-0.39, 0.29) is 18.8 Å². The van der Waals surface area contributed by atoms with Crippen molar-refractivity contribution in [2.75, 3.05) is 17.1 Å². The summed E-state index contributed by atoms with van der Waals surface area (Å²) >= 11 is 5.79. The maximum absolute atomic E-state index is 11.4. The van der Waals surface area contributed by atoms with Gasteiger partial charge in [-0.25, -0.2) is 8.42 Å². The standard InChI is InChI=1S/C9H12ClNO3S/c10-8-4-1-2-5-9(8)11-15(13,14)7-3-6-12/h1-2,4-5,11-12H,3,6-7H2. The number of halogens is 1. The van der Waals surface area contributed by atoms with Crippen LogP contribution in [0.2, 0.25) is 5.02 Å². The van der Waals surface area contributed by atoms with E-state index in [1.807, 2.05) is 0 Å². The Morgan fingerprint density at radius 3 is 2.60 bits per heavy atom. The molecule has 4 nitrogen and oxygen atoms in total. The summed E-state index contributed by atoms with van der Waals surface area (Å²) in [6.07, 6.45) is 0.208. The van der Waals surface area contributed by atoms with Gasteiger partial charge in [-0.1, -0.05) is 23.7 Å². The zero-order chi connectivity index (χ0) is 11.3. The molecule has 0 aliphatic heterocycles. The number of para-hydroxylation sites is 1. The molecule has 0 bridgehead atoms. The van der Waals surface area contributed by atoms with Crippen LogP contribution >= 0.6 is 11.6 Å². The third-order valence-corrected chi connectivity index (χ3v) is 3.40. The summed E-state index contributed by atoms with van der Waals surface area (Å²) in [5.41, 5.74) is 0.358. The topological polar surface area (TPSA) is 66.4 Å². The quantitative estimate of drug-likeness (QED) is 0.830. The predicted octanol–water partition coefficient (Wildman–Crippen LogP) is 1.46. The van der Waals surface area contributed by atoms with Crippen molar-refractivity contribution in [3.05, 3.63) is 29.3 Å². The minimum absolute atomic E-state index is 0.116. The number of aliphatic hydroxyl groups is 1. The molecule has 0 heterocycles. The highest BCUT2D eigenvalue weighted by Crippen LogP contribution is 2.21. The Morgan fingerprint density at radius 1 is 1.33 bits per heavy atom. The van der Waals surface area contributed by atoms with Crippen molar-refractivity contribution in [2.45, 2.75) is 6.42 Å². The molecule has 0 saturated carbocycles. The lowest BCUT2D eigenvalue weighted by Crippen LogP contribution is -2.17. The molecule has 84 valence electrons. The van der Waals surface area contributed by atoms with Gasteiger partial charge in [0.15, 0.2) is 0 Å². The van der Waals surface area contributed by atoms with Crippen LogP contribution in [0.3, 0.4) is 0 Å². The number of hydrogen-bond acceptors (Lipinski definition) is 3. The van der Waals surface area contributed by atoms with Crippen molar-refractivity contribution >= 4 is 27.3 Å². The lowest BCUT2D eigenvalue weighted by Gasteiger charge is -2.08. The Labute approximate surface area is 93.9 Å². The van der Waals surface area contributed by atoms with Gasteiger partial charge in [-0.15, -0.1) is 0 Å². The van der Waals surface area contributed by atoms with E-state index in [0.717, 1.165) is 0 Å². The van der Waals surface area contributed by atoms with Gasteiger partial charge >= 0.3 is 0 Å². The number of aliphatic hydroxyl groups excluding tert-OH is 1. The smallest absolute Gasteiger partial charge is 0.232 e. The van der Waals surface area contributed by atoms with E-state index in [9.17, 15) is 8.42 Å². The van der Waals surface area contributed by atoms with Gasteiger partial charge in [0.1, 0.15) is 0 Å². The van der Waals surface area contributed by atoms with Crippen molar-refractivity contribution in [1.82, 2.24) is 0 Å². The monoisotopic (exact) mass is 249 g/mol. The SMILES string of the molecule is O=S(=O)(CCCO)Nc1ccccc1Cl. The van der Waals surface area contributed by atoms with E-state index in [4.69, 9.17) is 16.7 Å². The number of anilines is 1. The highest BCUT2D eigenvalue weighted by atomic mass is 35.5. The second kappa shape index (κ2) is 5.34. The summed E-state index contributed by atoms with van der Waals surface area (Å²) in [5, 5.41) is 8.88. The van der Waals surface area contributed by atoms with Crippen molar-refractivity contribution in [1.29, 1.82) is 0 Å². The second-order valence-electron chi connectivity index (χ2n) is 2.98. The summed E-state index contributed by atoms with van der Waals surface area (Å²) in [7, 11) is -3.41. The van der Waals surface area contributed by atoms with Gasteiger partial charge in [-0.3, -0.25) is 4.72 Å². The van der Waals surface area contributed by atoms with E-state index < -0.39 is 10.0 Å². The highest BCUT2D eigenvalue weighted by molar-refractivity contribution is 7.92. The van der Waals surface area contributed by atoms with E-state index in [2.05, 4.69) is 4.72 Å². The number of benzene rings is 1. The molecule has 6 heteroatoms. The molecule has 0 saturated heterocycles. The fraction of sp³-hybridized carbons (Fsp3) is 0.333. The summed E-state index contributed by atoms with van der Waals surface area (Å²) < 4.78 is 25.2. The predicted molar refractivity (Wildman–Crippen MR) is 60.6 cm³/mol. The van der Waals surface area contributed by atoms with Gasteiger partial charge in [0, 0.05) is 6.61 Å². The number of sulfonamides is 1. The molecule has 1 rings (SSSR count). The Hall–Kier alpha value is -0.780. The lowest BCUT2D eigenvalue weighted by molar-refractivity contribution is 0.295. The Morgan fingerprint density at radius 2 is 2.00 bits per heavy atom. The minimum atomic E-state index is -3.41. The van der Waals surface area contributed by atoms with Gasteiger partial charge in [-0.05, 0) is 18.6 Å². The molecule has 0 unspecified atom stereocenters. The number of rotatable bonds is 5. The third kappa shape index (κ3) is 4.07. The molecule has 1 aromatic carbocycles. The molecule has 2 N–H and O–H groups in total. The maximum Gasteiger partial charge on any atom is 0.232 e. The minimum Gasteiger partial charge on any atom is -0.396 e. The Kier molecular flexibility index (Phi) is 4.38. The molecular weight excluding hydrogens is 238 g/mol. The van der Waals surface area contributed by atoms with Crippen LogP contribution in [0.4, 0.5) is 5.69 Å². The van der Waals surface area contributed by atoms with E-state index in [0.29, 0.717) is 10.7 Å². The molecule has 1 aromatic rings. The van der Waals surface area contributed by atoms with E-state index in [1.54, 1.807) is 24.3 Å². The fourth-order valence-corrected chi connectivity index (χ4v) is 2.38. The van der Waals surface area contributed by atoms with Gasteiger partial charge < -0.3 is 5.11 Å². The first-order valence-electron chi connectivity index (χ1n) is 4.41. The summed E-state index contributed by atoms with van der Waals surface area (Å²) in [4.78, 5) is 0. The zero-order valence-electron chi connectivity index (χ0n) is 7.98. The Bertz CT molecular complexity index is 419. The fourth-order valence-electron chi connectivity index (χ4n) is 1.02. The maximum atomic E-state index is 11.4. The molecule has 0 spiro atoms. The average molecular weight is 250 g/mol. The van der Waals surface area contributed by atoms with Crippen LogP contribution in [0.5, 0.6) is 0 Å². The molecule has 0 fully saturated rings. The van der Waals surface area contributed by atoms with Crippen LogP contribution in [0.15, 0.2) is 24.3 Å². The molecule has 0 radical (unpaired) electrons. The average Bonchev–Trinajstić information content (AvgIpc) is 2.18. The lowest BCUT2D eigenvalue weighted by atomic mass is 10.3. The van der Waals surface area contributed by atoms with Gasteiger partial charge in [0.2, 0.25) is 10.0 Å². The summed E-state index contributed by atoms with van der Waals surface area (Å²) in [6.45, 7) is -0.149. The first-order chi connectivity index (χ1) is 7.05. The molecule has 0 aliphatic carbocycles. The van der Waals surface area contributed by atoms with Crippen LogP contribution in [-0.2, 0) is 10.0 Å². The molecule has 0 aromatic heterocycles. The van der Waals surface area contributed by atoms with Crippen molar-refractivity contribution < 1.29 is 13.5 Å². The van der Waals surface area contributed by atoms with Crippen LogP contribution < -0.4 is 4.72 Å². The largest absolute Gasteiger partial charge is 0.396 e. The first-order valence-corrected chi connectivity index (χ1v) is 6.44. The summed E-state index contributed by atoms with van der Waals surface area (Å²) in [6, 6.07) is 6.59. The highest BCUT2D eigenvalue weighted by Gasteiger charge is 2.11. The summed E-state index contributed by atoms with van der Waals surface area (Å²) in [5.74, 6) is -0.116. The van der Waals surface area contributed by atoms with Crippen molar-refractivity contribution in [3.8, 4) is 0 Å². The van der Waals surface area contributed by atoms with E-state index >= 15 is 0 Å². The van der Waals surface area contributed by atoms with Crippen molar-refractivity contribution in [2.24, 2.45) is 0 Å². The second-order valence-corrected chi connectivity index (χ2v) is 5.23. The number of nitrogens with one attached hydrogen (secondary N) is 1. The first kappa shape index (κ1) is 12.3. The van der Waals surface area contributed by atoms with Gasteiger partial charge in [-0.2, -0.15) is 0 Å². The molecule has 0 amide bonds.